The molecule has 0 fully saturated rings. The van der Waals surface area contributed by atoms with Gasteiger partial charge in [-0.15, -0.1) is 0 Å². The number of hydrogen-bond acceptors (Lipinski definition) is 2. The molecule has 0 atom stereocenters. The van der Waals surface area contributed by atoms with Crippen LogP contribution in [-0.4, -0.2) is 15.5 Å². The molecule has 2 aromatic rings. The Balaban J connectivity index is 2.51. The summed E-state index contributed by atoms with van der Waals surface area (Å²) >= 11 is 0. The smallest absolute Gasteiger partial charge is 0.226 e. The standard InChI is InChI=1S/C12H14FN3O/c1-3-11(17)15-12-14-9-7-8(13)5-6-10(9)16(12)4-2/h5-7H,3-4H2,1-2H3,(H,14,15,17). The van der Waals surface area contributed by atoms with Gasteiger partial charge in [-0.3, -0.25) is 10.1 Å². The third kappa shape index (κ3) is 2.13. The Labute approximate surface area is 98.5 Å². The van der Waals surface area contributed by atoms with Gasteiger partial charge in [0.25, 0.3) is 0 Å². The second-order valence-corrected chi connectivity index (χ2v) is 3.71. The molecule has 1 aromatic carbocycles. The van der Waals surface area contributed by atoms with E-state index in [4.69, 9.17) is 0 Å². The third-order valence-electron chi connectivity index (χ3n) is 2.60. The average molecular weight is 235 g/mol. The fourth-order valence-corrected chi connectivity index (χ4v) is 1.73. The first-order valence-electron chi connectivity index (χ1n) is 5.61. The number of carbonyl (C=O) groups excluding carboxylic acids is 1. The van der Waals surface area contributed by atoms with E-state index in [1.54, 1.807) is 13.0 Å². The van der Waals surface area contributed by atoms with Crippen molar-refractivity contribution < 1.29 is 9.18 Å². The fraction of sp³-hybridized carbons (Fsp3) is 0.333. The predicted molar refractivity (Wildman–Crippen MR) is 64.3 cm³/mol. The van der Waals surface area contributed by atoms with Crippen LogP contribution >= 0.6 is 0 Å². The Bertz CT molecular complexity index is 562. The third-order valence-corrected chi connectivity index (χ3v) is 2.60. The van der Waals surface area contributed by atoms with Crippen LogP contribution < -0.4 is 5.32 Å². The van der Waals surface area contributed by atoms with Crippen molar-refractivity contribution in [1.29, 1.82) is 0 Å². The van der Waals surface area contributed by atoms with E-state index < -0.39 is 0 Å². The van der Waals surface area contributed by atoms with E-state index in [0.717, 1.165) is 5.52 Å². The molecule has 90 valence electrons. The number of benzene rings is 1. The van der Waals surface area contributed by atoms with E-state index >= 15 is 0 Å². The maximum Gasteiger partial charge on any atom is 0.226 e. The number of aromatic nitrogens is 2. The molecule has 1 N–H and O–H groups in total. The lowest BCUT2D eigenvalue weighted by Gasteiger charge is -2.06. The predicted octanol–water partition coefficient (Wildman–Crippen LogP) is 2.54. The van der Waals surface area contributed by atoms with E-state index in [1.165, 1.54) is 12.1 Å². The molecule has 2 rings (SSSR count). The Morgan fingerprint density at radius 3 is 2.88 bits per heavy atom. The molecule has 0 saturated heterocycles. The molecule has 0 radical (unpaired) electrons. The van der Waals surface area contributed by atoms with Gasteiger partial charge in [0.1, 0.15) is 5.82 Å². The van der Waals surface area contributed by atoms with Gasteiger partial charge in [-0.05, 0) is 19.1 Å². The van der Waals surface area contributed by atoms with Crippen LogP contribution in [0.15, 0.2) is 18.2 Å². The maximum atomic E-state index is 13.1. The van der Waals surface area contributed by atoms with Gasteiger partial charge in [0.05, 0.1) is 11.0 Å². The lowest BCUT2D eigenvalue weighted by atomic mass is 10.3. The maximum absolute atomic E-state index is 13.1. The van der Waals surface area contributed by atoms with Gasteiger partial charge >= 0.3 is 0 Å². The molecule has 0 unspecified atom stereocenters. The number of amides is 1. The molecular weight excluding hydrogens is 221 g/mol. The molecule has 0 bridgehead atoms. The number of nitrogens with one attached hydrogen (secondary N) is 1. The zero-order valence-corrected chi connectivity index (χ0v) is 9.83. The van der Waals surface area contributed by atoms with Gasteiger partial charge in [-0.1, -0.05) is 6.92 Å². The molecule has 0 aliphatic heterocycles. The van der Waals surface area contributed by atoms with E-state index in [2.05, 4.69) is 10.3 Å². The second-order valence-electron chi connectivity index (χ2n) is 3.71. The quantitative estimate of drug-likeness (QED) is 0.888. The minimum Gasteiger partial charge on any atom is -0.310 e. The van der Waals surface area contributed by atoms with Crippen LogP contribution in [0.5, 0.6) is 0 Å². The number of halogens is 1. The van der Waals surface area contributed by atoms with Crippen LogP contribution in [-0.2, 0) is 11.3 Å². The zero-order chi connectivity index (χ0) is 12.4. The monoisotopic (exact) mass is 235 g/mol. The molecule has 1 amide bonds. The van der Waals surface area contributed by atoms with Gasteiger partial charge in [0, 0.05) is 19.0 Å². The summed E-state index contributed by atoms with van der Waals surface area (Å²) in [5.41, 5.74) is 1.37. The lowest BCUT2D eigenvalue weighted by Crippen LogP contribution is -2.14. The SMILES string of the molecule is CCC(=O)Nc1nc2cc(F)ccc2n1CC. The number of imidazole rings is 1. The highest BCUT2D eigenvalue weighted by Crippen LogP contribution is 2.20. The molecule has 0 aliphatic carbocycles. The van der Waals surface area contributed by atoms with Crippen molar-refractivity contribution in [1.82, 2.24) is 9.55 Å². The van der Waals surface area contributed by atoms with Crippen molar-refractivity contribution >= 4 is 22.9 Å². The Kier molecular flexibility index (Phi) is 3.08. The van der Waals surface area contributed by atoms with E-state index in [0.29, 0.717) is 24.4 Å². The summed E-state index contributed by atoms with van der Waals surface area (Å²) in [6.07, 6.45) is 0.390. The summed E-state index contributed by atoms with van der Waals surface area (Å²) in [5, 5.41) is 2.71. The van der Waals surface area contributed by atoms with Gasteiger partial charge in [0.15, 0.2) is 0 Å². The van der Waals surface area contributed by atoms with Gasteiger partial charge in [-0.2, -0.15) is 0 Å². The number of carbonyl (C=O) groups is 1. The van der Waals surface area contributed by atoms with Crippen LogP contribution in [0.25, 0.3) is 11.0 Å². The fourth-order valence-electron chi connectivity index (χ4n) is 1.73. The Morgan fingerprint density at radius 2 is 2.24 bits per heavy atom. The molecule has 0 spiro atoms. The molecule has 1 heterocycles. The van der Waals surface area contributed by atoms with Crippen molar-refractivity contribution in [3.05, 3.63) is 24.0 Å². The minimum atomic E-state index is -0.327. The van der Waals surface area contributed by atoms with Crippen LogP contribution in [0.3, 0.4) is 0 Å². The molecule has 0 aliphatic rings. The van der Waals surface area contributed by atoms with E-state index in [9.17, 15) is 9.18 Å². The Hall–Kier alpha value is -1.91. The summed E-state index contributed by atoms with van der Waals surface area (Å²) in [5.74, 6) is 0.0436. The Morgan fingerprint density at radius 1 is 1.47 bits per heavy atom. The molecule has 4 nitrogen and oxygen atoms in total. The molecule has 0 saturated carbocycles. The highest BCUT2D eigenvalue weighted by molar-refractivity contribution is 5.91. The summed E-state index contributed by atoms with van der Waals surface area (Å²) in [7, 11) is 0. The number of hydrogen-bond donors (Lipinski definition) is 1. The number of aryl methyl sites for hydroxylation is 1. The van der Waals surface area contributed by atoms with E-state index in [-0.39, 0.29) is 11.7 Å². The lowest BCUT2D eigenvalue weighted by molar-refractivity contribution is -0.115. The van der Waals surface area contributed by atoms with Gasteiger partial charge in [0.2, 0.25) is 11.9 Å². The second kappa shape index (κ2) is 4.53. The average Bonchev–Trinajstić information content (AvgIpc) is 2.64. The number of rotatable bonds is 3. The van der Waals surface area contributed by atoms with Crippen molar-refractivity contribution in [3.63, 3.8) is 0 Å². The van der Waals surface area contributed by atoms with Gasteiger partial charge < -0.3 is 4.57 Å². The number of anilines is 1. The van der Waals surface area contributed by atoms with Crippen molar-refractivity contribution in [2.24, 2.45) is 0 Å². The highest BCUT2D eigenvalue weighted by Gasteiger charge is 2.11. The number of fused-ring (bicyclic) bond motifs is 1. The largest absolute Gasteiger partial charge is 0.310 e. The van der Waals surface area contributed by atoms with Crippen LogP contribution in [0.1, 0.15) is 20.3 Å². The summed E-state index contributed by atoms with van der Waals surface area (Å²) < 4.78 is 14.9. The summed E-state index contributed by atoms with van der Waals surface area (Å²) in [6, 6.07) is 4.42. The first kappa shape index (κ1) is 11.6. The van der Waals surface area contributed by atoms with Crippen LogP contribution in [0.4, 0.5) is 10.3 Å². The van der Waals surface area contributed by atoms with Crippen molar-refractivity contribution in [2.75, 3.05) is 5.32 Å². The molecule has 17 heavy (non-hydrogen) atoms. The normalized spacial score (nSPS) is 10.8. The zero-order valence-electron chi connectivity index (χ0n) is 9.83. The van der Waals surface area contributed by atoms with E-state index in [1.807, 2.05) is 11.5 Å². The van der Waals surface area contributed by atoms with Crippen molar-refractivity contribution in [2.45, 2.75) is 26.8 Å². The first-order chi connectivity index (χ1) is 8.15. The highest BCUT2D eigenvalue weighted by atomic mass is 19.1. The van der Waals surface area contributed by atoms with Crippen LogP contribution in [0.2, 0.25) is 0 Å². The van der Waals surface area contributed by atoms with Crippen molar-refractivity contribution in [3.8, 4) is 0 Å². The number of nitrogens with zero attached hydrogens (tertiary/aromatic N) is 2. The van der Waals surface area contributed by atoms with Crippen LogP contribution in [0, 0.1) is 5.82 Å². The molecular formula is C12H14FN3O. The minimum absolute atomic E-state index is 0.101. The van der Waals surface area contributed by atoms with Gasteiger partial charge in [-0.25, -0.2) is 9.37 Å². The summed E-state index contributed by atoms with van der Waals surface area (Å²) in [6.45, 7) is 4.39. The molecule has 1 aromatic heterocycles. The topological polar surface area (TPSA) is 46.9 Å². The summed E-state index contributed by atoms with van der Waals surface area (Å²) in [4.78, 5) is 15.6. The molecule has 5 heteroatoms. The first-order valence-corrected chi connectivity index (χ1v) is 5.61.